The second kappa shape index (κ2) is 4.33. The monoisotopic (exact) mass is 244 g/mol. The van der Waals surface area contributed by atoms with Gasteiger partial charge in [-0.15, -0.1) is 0 Å². The Morgan fingerprint density at radius 2 is 1.83 bits per heavy atom. The average Bonchev–Trinajstić information content (AvgIpc) is 2.28. The van der Waals surface area contributed by atoms with Crippen molar-refractivity contribution >= 4 is 16.7 Å². The molecular formula is C15H16O3. The molecule has 0 aliphatic rings. The highest BCUT2D eigenvalue weighted by molar-refractivity contribution is 5.99. The van der Waals surface area contributed by atoms with Crippen LogP contribution in [0.25, 0.3) is 10.8 Å². The molecule has 0 atom stereocenters. The molecule has 3 heteroatoms. The van der Waals surface area contributed by atoms with Gasteiger partial charge in [0.05, 0.1) is 0 Å². The number of benzene rings is 2. The van der Waals surface area contributed by atoms with E-state index in [4.69, 9.17) is 5.11 Å². The topological polar surface area (TPSA) is 57.5 Å². The van der Waals surface area contributed by atoms with Gasteiger partial charge in [0.2, 0.25) is 0 Å². The Balaban J connectivity index is 2.88. The van der Waals surface area contributed by atoms with Crippen LogP contribution >= 0.6 is 0 Å². The molecule has 0 radical (unpaired) electrons. The van der Waals surface area contributed by atoms with Crippen molar-refractivity contribution in [3.05, 3.63) is 41.0 Å². The average molecular weight is 244 g/mol. The Morgan fingerprint density at radius 3 is 2.39 bits per heavy atom. The number of aromatic carboxylic acids is 1. The number of carboxylic acids is 1. The van der Waals surface area contributed by atoms with Gasteiger partial charge < -0.3 is 10.2 Å². The third kappa shape index (κ3) is 1.92. The molecule has 0 aliphatic carbocycles. The lowest BCUT2D eigenvalue weighted by Gasteiger charge is -2.13. The number of aryl methyl sites for hydroxylation is 1. The first-order valence-corrected chi connectivity index (χ1v) is 5.91. The van der Waals surface area contributed by atoms with Gasteiger partial charge in [0.15, 0.2) is 0 Å². The van der Waals surface area contributed by atoms with E-state index in [0.717, 1.165) is 21.9 Å². The van der Waals surface area contributed by atoms with Crippen LogP contribution in [0.1, 0.15) is 41.3 Å². The van der Waals surface area contributed by atoms with Crippen LogP contribution in [0.15, 0.2) is 24.3 Å². The SMILES string of the molecule is Cc1ccc(C(C)C)c2cc(C(=O)O)c(O)cc12. The van der Waals surface area contributed by atoms with Crippen molar-refractivity contribution < 1.29 is 15.0 Å². The van der Waals surface area contributed by atoms with Gasteiger partial charge in [-0.25, -0.2) is 4.79 Å². The summed E-state index contributed by atoms with van der Waals surface area (Å²) in [6.07, 6.45) is 0. The fraction of sp³-hybridized carbons (Fsp3) is 0.267. The lowest BCUT2D eigenvalue weighted by Crippen LogP contribution is -1.99. The Morgan fingerprint density at radius 1 is 1.17 bits per heavy atom. The molecule has 0 aliphatic heterocycles. The van der Waals surface area contributed by atoms with Crippen LogP contribution < -0.4 is 0 Å². The van der Waals surface area contributed by atoms with Gasteiger partial charge in [-0.2, -0.15) is 0 Å². The van der Waals surface area contributed by atoms with E-state index >= 15 is 0 Å². The van der Waals surface area contributed by atoms with Crippen molar-refractivity contribution in [1.29, 1.82) is 0 Å². The van der Waals surface area contributed by atoms with E-state index in [1.807, 2.05) is 19.1 Å². The maximum Gasteiger partial charge on any atom is 0.339 e. The number of phenols is 1. The Bertz CT molecular complexity index is 627. The van der Waals surface area contributed by atoms with E-state index in [2.05, 4.69) is 13.8 Å². The van der Waals surface area contributed by atoms with Gasteiger partial charge >= 0.3 is 5.97 Å². The molecule has 0 spiro atoms. The minimum absolute atomic E-state index is 0.0463. The minimum Gasteiger partial charge on any atom is -0.507 e. The molecule has 3 nitrogen and oxygen atoms in total. The molecule has 18 heavy (non-hydrogen) atoms. The molecule has 0 aromatic heterocycles. The Labute approximate surface area is 106 Å². The molecule has 0 amide bonds. The summed E-state index contributed by atoms with van der Waals surface area (Å²) in [5.74, 6) is -0.982. The maximum atomic E-state index is 11.1. The Hall–Kier alpha value is -2.03. The number of carbonyl (C=O) groups is 1. The van der Waals surface area contributed by atoms with Crippen molar-refractivity contribution in [3.8, 4) is 5.75 Å². The highest BCUT2D eigenvalue weighted by atomic mass is 16.4. The summed E-state index contributed by atoms with van der Waals surface area (Å²) in [5, 5.41) is 20.6. The van der Waals surface area contributed by atoms with Crippen molar-refractivity contribution in [2.24, 2.45) is 0 Å². The van der Waals surface area contributed by atoms with E-state index < -0.39 is 5.97 Å². The number of carboxylic acid groups (broad SMARTS) is 1. The fourth-order valence-electron chi connectivity index (χ4n) is 2.22. The Kier molecular flexibility index (Phi) is 2.99. The first kappa shape index (κ1) is 12.4. The van der Waals surface area contributed by atoms with E-state index in [0.29, 0.717) is 5.92 Å². The van der Waals surface area contributed by atoms with Crippen LogP contribution in [0.4, 0.5) is 0 Å². The van der Waals surface area contributed by atoms with E-state index in [9.17, 15) is 9.90 Å². The lowest BCUT2D eigenvalue weighted by atomic mass is 9.92. The van der Waals surface area contributed by atoms with Crippen LogP contribution in [0.3, 0.4) is 0 Å². The quantitative estimate of drug-likeness (QED) is 0.847. The summed E-state index contributed by atoms with van der Waals surface area (Å²) in [5.41, 5.74) is 2.08. The standard InChI is InChI=1S/C15H16O3/c1-8(2)10-5-4-9(3)11-7-14(16)13(15(17)18)6-12(10)11/h4-8,16H,1-3H3,(H,17,18). The highest BCUT2D eigenvalue weighted by Crippen LogP contribution is 2.32. The van der Waals surface area contributed by atoms with E-state index in [1.54, 1.807) is 12.1 Å². The molecule has 0 saturated heterocycles. The summed E-state index contributed by atoms with van der Waals surface area (Å²) in [4.78, 5) is 11.1. The first-order chi connectivity index (χ1) is 8.41. The number of fused-ring (bicyclic) bond motifs is 1. The van der Waals surface area contributed by atoms with Crippen LogP contribution in [0.5, 0.6) is 5.75 Å². The van der Waals surface area contributed by atoms with Crippen LogP contribution in [0.2, 0.25) is 0 Å². The van der Waals surface area contributed by atoms with Gasteiger partial charge in [-0.1, -0.05) is 26.0 Å². The van der Waals surface area contributed by atoms with Gasteiger partial charge in [-0.3, -0.25) is 0 Å². The molecule has 0 fully saturated rings. The highest BCUT2D eigenvalue weighted by Gasteiger charge is 2.14. The predicted octanol–water partition coefficient (Wildman–Crippen LogP) is 3.68. The summed E-state index contributed by atoms with van der Waals surface area (Å²) >= 11 is 0. The van der Waals surface area contributed by atoms with Gasteiger partial charge in [0.1, 0.15) is 11.3 Å². The number of hydrogen-bond acceptors (Lipinski definition) is 2. The zero-order valence-corrected chi connectivity index (χ0v) is 10.7. The number of rotatable bonds is 2. The first-order valence-electron chi connectivity index (χ1n) is 5.91. The zero-order valence-electron chi connectivity index (χ0n) is 10.7. The molecule has 2 aromatic rings. The van der Waals surface area contributed by atoms with Gasteiger partial charge in [0, 0.05) is 0 Å². The second-order valence-electron chi connectivity index (χ2n) is 4.85. The minimum atomic E-state index is -1.11. The second-order valence-corrected chi connectivity index (χ2v) is 4.85. The van der Waals surface area contributed by atoms with Crippen LogP contribution in [0, 0.1) is 6.92 Å². The molecule has 2 aromatic carbocycles. The van der Waals surface area contributed by atoms with Gasteiger partial charge in [0.25, 0.3) is 0 Å². The third-order valence-electron chi connectivity index (χ3n) is 3.24. The summed E-state index contributed by atoms with van der Waals surface area (Å²) in [6.45, 7) is 6.08. The van der Waals surface area contributed by atoms with E-state index in [-0.39, 0.29) is 11.3 Å². The molecule has 0 saturated carbocycles. The summed E-state index contributed by atoms with van der Waals surface area (Å²) < 4.78 is 0. The third-order valence-corrected chi connectivity index (χ3v) is 3.24. The lowest BCUT2D eigenvalue weighted by molar-refractivity contribution is 0.0694. The maximum absolute atomic E-state index is 11.1. The van der Waals surface area contributed by atoms with Crippen molar-refractivity contribution in [3.63, 3.8) is 0 Å². The van der Waals surface area contributed by atoms with Crippen LogP contribution in [-0.4, -0.2) is 16.2 Å². The zero-order chi connectivity index (χ0) is 13.4. The smallest absolute Gasteiger partial charge is 0.339 e. The molecule has 2 N–H and O–H groups in total. The summed E-state index contributed by atoms with van der Waals surface area (Å²) in [6, 6.07) is 7.12. The molecule has 2 rings (SSSR count). The molecule has 0 unspecified atom stereocenters. The van der Waals surface area contributed by atoms with Gasteiger partial charge in [-0.05, 0) is 46.9 Å². The largest absolute Gasteiger partial charge is 0.507 e. The van der Waals surface area contributed by atoms with Crippen LogP contribution in [-0.2, 0) is 0 Å². The number of aromatic hydroxyl groups is 1. The molecular weight excluding hydrogens is 228 g/mol. The fourth-order valence-corrected chi connectivity index (χ4v) is 2.22. The van der Waals surface area contributed by atoms with E-state index in [1.165, 1.54) is 0 Å². The summed E-state index contributed by atoms with van der Waals surface area (Å²) in [7, 11) is 0. The molecule has 0 bridgehead atoms. The number of hydrogen-bond donors (Lipinski definition) is 2. The molecule has 94 valence electrons. The van der Waals surface area contributed by atoms with Crippen molar-refractivity contribution in [2.45, 2.75) is 26.7 Å². The normalized spacial score (nSPS) is 11.1. The van der Waals surface area contributed by atoms with Crippen molar-refractivity contribution in [1.82, 2.24) is 0 Å². The van der Waals surface area contributed by atoms with Crippen molar-refractivity contribution in [2.75, 3.05) is 0 Å². The predicted molar refractivity (Wildman–Crippen MR) is 71.4 cm³/mol. The molecule has 0 heterocycles.